The van der Waals surface area contributed by atoms with E-state index < -0.39 is 5.82 Å². The zero-order valence-electron chi connectivity index (χ0n) is 22.5. The second-order valence-electron chi connectivity index (χ2n) is 9.55. The van der Waals surface area contributed by atoms with Crippen molar-refractivity contribution < 1.29 is 18.7 Å². The fraction of sp³-hybridized carbons (Fsp3) is 0.161. The van der Waals surface area contributed by atoms with E-state index >= 15 is 0 Å². The second kappa shape index (κ2) is 13.1. The summed E-state index contributed by atoms with van der Waals surface area (Å²) in [5.74, 6) is 0.784. The maximum absolute atomic E-state index is 13.5. The Hall–Kier alpha value is -4.96. The number of rotatable bonds is 12. The number of nitrogens with zero attached hydrogens (tertiary/aromatic N) is 2. The molecule has 11 heteroatoms. The minimum Gasteiger partial charge on any atom is -0.457 e. The van der Waals surface area contributed by atoms with Gasteiger partial charge in [0.2, 0.25) is 5.91 Å². The maximum atomic E-state index is 13.5. The molecule has 0 fully saturated rings. The van der Waals surface area contributed by atoms with Gasteiger partial charge in [0.05, 0.1) is 27.3 Å². The molecule has 5 aromatic rings. The number of carbonyl (C=O) groups is 2. The van der Waals surface area contributed by atoms with Crippen LogP contribution in [0.25, 0.3) is 11.0 Å². The number of benzene rings is 3. The minimum atomic E-state index is -0.456. The van der Waals surface area contributed by atoms with E-state index in [4.69, 9.17) is 22.1 Å². The van der Waals surface area contributed by atoms with Crippen LogP contribution in [0.3, 0.4) is 0 Å². The van der Waals surface area contributed by atoms with Crippen LogP contribution in [0.5, 0.6) is 11.5 Å². The first-order chi connectivity index (χ1) is 20.4. The van der Waals surface area contributed by atoms with Crippen LogP contribution in [-0.4, -0.2) is 33.2 Å². The standard InChI is InChI=1S/C31H28ClFN6O3/c32-24-16-21(42-20-7-3-1-4-8-20)11-12-22(24)29(41)23-17-36-31-28(23)30(37-18-38-31)35-14-6-2-5-9-27(40)39-26-13-10-19(33)15-25(26)34/h1,3-4,7-8,10-13,15-18H,2,5-6,9,14,34H2,(H,39,40)(H2,35,36,37,38). The lowest BCUT2D eigenvalue weighted by Gasteiger charge is -2.10. The molecule has 2 heterocycles. The van der Waals surface area contributed by atoms with Crippen molar-refractivity contribution >= 4 is 51.5 Å². The van der Waals surface area contributed by atoms with Gasteiger partial charge in [0.25, 0.3) is 0 Å². The van der Waals surface area contributed by atoms with Gasteiger partial charge in [-0.3, -0.25) is 9.59 Å². The third-order valence-electron chi connectivity index (χ3n) is 6.54. The number of unbranched alkanes of at least 4 members (excludes halogenated alkanes) is 2. The summed E-state index contributed by atoms with van der Waals surface area (Å²) in [4.78, 5) is 37.4. The summed E-state index contributed by atoms with van der Waals surface area (Å²) in [5.41, 5.74) is 7.56. The predicted octanol–water partition coefficient (Wildman–Crippen LogP) is 6.97. The number of amides is 1. The van der Waals surface area contributed by atoms with Crippen molar-refractivity contribution in [2.24, 2.45) is 0 Å². The number of hydrogen-bond acceptors (Lipinski definition) is 7. The van der Waals surface area contributed by atoms with E-state index in [0.29, 0.717) is 64.6 Å². The molecule has 0 aliphatic heterocycles. The number of ketones is 1. The van der Waals surface area contributed by atoms with Crippen molar-refractivity contribution in [3.8, 4) is 11.5 Å². The normalized spacial score (nSPS) is 10.9. The van der Waals surface area contributed by atoms with Gasteiger partial charge in [-0.15, -0.1) is 0 Å². The maximum Gasteiger partial charge on any atom is 0.224 e. The number of hydrogen-bond donors (Lipinski definition) is 4. The molecule has 0 aliphatic carbocycles. The average molecular weight is 587 g/mol. The van der Waals surface area contributed by atoms with Gasteiger partial charge in [0.1, 0.15) is 35.1 Å². The average Bonchev–Trinajstić information content (AvgIpc) is 3.42. The summed E-state index contributed by atoms with van der Waals surface area (Å²) < 4.78 is 19.0. The van der Waals surface area contributed by atoms with Gasteiger partial charge < -0.3 is 26.1 Å². The Morgan fingerprint density at radius 1 is 0.952 bits per heavy atom. The molecule has 5 N–H and O–H groups in total. The van der Waals surface area contributed by atoms with Crippen LogP contribution in [0.2, 0.25) is 5.02 Å². The predicted molar refractivity (Wildman–Crippen MR) is 162 cm³/mol. The quantitative estimate of drug-likeness (QED) is 0.0704. The van der Waals surface area contributed by atoms with E-state index in [1.807, 2.05) is 30.3 Å². The summed E-state index contributed by atoms with van der Waals surface area (Å²) >= 11 is 6.50. The molecule has 0 atom stereocenters. The van der Waals surface area contributed by atoms with Crippen molar-refractivity contribution in [1.82, 2.24) is 15.0 Å². The highest BCUT2D eigenvalue weighted by atomic mass is 35.5. The van der Waals surface area contributed by atoms with Crippen molar-refractivity contribution in [2.45, 2.75) is 25.7 Å². The van der Waals surface area contributed by atoms with Crippen LogP contribution in [0, 0.1) is 5.82 Å². The summed E-state index contributed by atoms with van der Waals surface area (Å²) in [5, 5.41) is 6.82. The van der Waals surface area contributed by atoms with Crippen molar-refractivity contribution in [3.05, 3.63) is 101 Å². The molecule has 214 valence electrons. The third kappa shape index (κ3) is 6.84. The number of aromatic amines is 1. The summed E-state index contributed by atoms with van der Waals surface area (Å²) in [6, 6.07) is 18.1. The Kier molecular flexibility index (Phi) is 8.93. The zero-order valence-corrected chi connectivity index (χ0v) is 23.2. The Bertz CT molecular complexity index is 1730. The summed E-state index contributed by atoms with van der Waals surface area (Å²) in [6.07, 6.45) is 5.53. The first kappa shape index (κ1) is 28.6. The van der Waals surface area contributed by atoms with Crippen LogP contribution in [0.15, 0.2) is 79.3 Å². The Morgan fingerprint density at radius 2 is 1.79 bits per heavy atom. The molecule has 0 saturated carbocycles. The number of halogens is 2. The van der Waals surface area contributed by atoms with E-state index in [9.17, 15) is 14.0 Å². The summed E-state index contributed by atoms with van der Waals surface area (Å²) in [6.45, 7) is 0.573. The first-order valence-electron chi connectivity index (χ1n) is 13.4. The van der Waals surface area contributed by atoms with Crippen molar-refractivity contribution in [3.63, 3.8) is 0 Å². The number of fused-ring (bicyclic) bond motifs is 1. The molecule has 3 aromatic carbocycles. The molecule has 5 rings (SSSR count). The molecule has 9 nitrogen and oxygen atoms in total. The molecule has 0 radical (unpaired) electrons. The van der Waals surface area contributed by atoms with E-state index in [0.717, 1.165) is 12.8 Å². The lowest BCUT2D eigenvalue weighted by molar-refractivity contribution is -0.116. The van der Waals surface area contributed by atoms with E-state index in [1.165, 1.54) is 24.5 Å². The number of carbonyl (C=O) groups excluding carboxylic acids is 2. The number of nitrogen functional groups attached to an aromatic ring is 1. The molecular weight excluding hydrogens is 559 g/mol. The monoisotopic (exact) mass is 586 g/mol. The lowest BCUT2D eigenvalue weighted by Crippen LogP contribution is -2.13. The smallest absolute Gasteiger partial charge is 0.224 e. The topological polar surface area (TPSA) is 135 Å². The van der Waals surface area contributed by atoms with E-state index in [2.05, 4.69) is 25.6 Å². The number of para-hydroxylation sites is 1. The molecule has 0 saturated heterocycles. The third-order valence-corrected chi connectivity index (χ3v) is 6.85. The Balaban J connectivity index is 1.17. The zero-order chi connectivity index (χ0) is 29.5. The second-order valence-corrected chi connectivity index (χ2v) is 9.96. The van der Waals surface area contributed by atoms with Crippen molar-refractivity contribution in [2.75, 3.05) is 22.9 Å². The van der Waals surface area contributed by atoms with Gasteiger partial charge in [-0.1, -0.05) is 36.2 Å². The van der Waals surface area contributed by atoms with Crippen LogP contribution in [0.4, 0.5) is 21.6 Å². The SMILES string of the molecule is Nc1cc(F)ccc1NC(=O)CCCCCNc1ncnc2[nH]cc(C(=O)c3ccc(Oc4ccccc4)cc3Cl)c12. The van der Waals surface area contributed by atoms with Crippen LogP contribution in [-0.2, 0) is 4.79 Å². The molecule has 1 amide bonds. The van der Waals surface area contributed by atoms with Crippen molar-refractivity contribution in [1.29, 1.82) is 0 Å². The summed E-state index contributed by atoms with van der Waals surface area (Å²) in [7, 11) is 0. The lowest BCUT2D eigenvalue weighted by atomic mass is 10.0. The Morgan fingerprint density at radius 3 is 2.57 bits per heavy atom. The fourth-order valence-corrected chi connectivity index (χ4v) is 4.70. The van der Waals surface area contributed by atoms with Gasteiger partial charge >= 0.3 is 0 Å². The minimum absolute atomic E-state index is 0.183. The molecule has 0 bridgehead atoms. The van der Waals surface area contributed by atoms with Crippen LogP contribution in [0.1, 0.15) is 41.6 Å². The highest BCUT2D eigenvalue weighted by molar-refractivity contribution is 6.35. The molecule has 0 aliphatic rings. The molecule has 0 spiro atoms. The fourth-order valence-electron chi connectivity index (χ4n) is 4.44. The number of anilines is 3. The van der Waals surface area contributed by atoms with Crippen LogP contribution < -0.4 is 21.1 Å². The molecule has 2 aromatic heterocycles. The van der Waals surface area contributed by atoms with Gasteiger partial charge in [-0.05, 0) is 55.3 Å². The van der Waals surface area contributed by atoms with Gasteiger partial charge in [0, 0.05) is 30.8 Å². The highest BCUT2D eigenvalue weighted by Gasteiger charge is 2.21. The Labute approximate surface area is 246 Å². The largest absolute Gasteiger partial charge is 0.457 e. The number of nitrogens with two attached hydrogens (primary N) is 1. The number of H-pyrrole nitrogens is 1. The number of aromatic nitrogens is 3. The highest BCUT2D eigenvalue weighted by Crippen LogP contribution is 2.31. The van der Waals surface area contributed by atoms with Gasteiger partial charge in [0.15, 0.2) is 5.78 Å². The number of nitrogens with one attached hydrogen (secondary N) is 3. The molecule has 42 heavy (non-hydrogen) atoms. The molecular formula is C31H28ClFN6O3. The van der Waals surface area contributed by atoms with E-state index in [1.54, 1.807) is 24.4 Å². The number of ether oxygens (including phenoxy) is 1. The van der Waals surface area contributed by atoms with Gasteiger partial charge in [-0.25, -0.2) is 14.4 Å². The molecule has 0 unspecified atom stereocenters. The van der Waals surface area contributed by atoms with E-state index in [-0.39, 0.29) is 22.4 Å². The van der Waals surface area contributed by atoms with Gasteiger partial charge in [-0.2, -0.15) is 0 Å². The first-order valence-corrected chi connectivity index (χ1v) is 13.7. The van der Waals surface area contributed by atoms with Crippen LogP contribution >= 0.6 is 11.6 Å².